The van der Waals surface area contributed by atoms with Crippen LogP contribution in [-0.4, -0.2) is 84.3 Å². The fraction of sp³-hybridized carbons (Fsp3) is 0.480. The van der Waals surface area contributed by atoms with Crippen LogP contribution >= 0.6 is 0 Å². The molecule has 8 rings (SSSR count). The first kappa shape index (κ1) is 44.6. The Kier molecular flexibility index (Phi) is 12.9. The fourth-order valence-corrected chi connectivity index (χ4v) is 9.68. The second kappa shape index (κ2) is 18.6. The van der Waals surface area contributed by atoms with E-state index in [0.29, 0.717) is 24.0 Å². The third kappa shape index (κ3) is 9.28. The Morgan fingerprint density at radius 2 is 1.19 bits per heavy atom. The zero-order valence-corrected chi connectivity index (χ0v) is 38.5. The number of hydrogen-bond acceptors (Lipinski definition) is 9. The number of carbonyl (C=O) groups is 3. The third-order valence-corrected chi connectivity index (χ3v) is 13.1. The molecular weight excluding hydrogens is 805 g/mol. The Balaban J connectivity index is 1.01. The summed E-state index contributed by atoms with van der Waals surface area (Å²) in [5.41, 5.74) is 6.82. The third-order valence-electron chi connectivity index (χ3n) is 13.1. The van der Waals surface area contributed by atoms with Gasteiger partial charge in [-0.3, -0.25) is 9.59 Å². The molecular formula is C50H63N10O4. The van der Waals surface area contributed by atoms with E-state index in [2.05, 4.69) is 134 Å². The average Bonchev–Trinajstić information content (AvgIpc) is 4.14. The van der Waals surface area contributed by atoms with Crippen LogP contribution in [0.2, 0.25) is 0 Å². The van der Waals surface area contributed by atoms with E-state index in [1.165, 1.54) is 29.5 Å². The topological polar surface area (TPSA) is 165 Å². The van der Waals surface area contributed by atoms with Crippen molar-refractivity contribution in [1.29, 1.82) is 0 Å². The van der Waals surface area contributed by atoms with Gasteiger partial charge in [0.1, 0.15) is 6.04 Å². The van der Waals surface area contributed by atoms with Crippen LogP contribution in [0, 0.1) is 18.3 Å². The van der Waals surface area contributed by atoms with Gasteiger partial charge < -0.3 is 34.7 Å². The highest BCUT2D eigenvalue weighted by atomic mass is 16.5. The molecule has 3 aliphatic heterocycles. The van der Waals surface area contributed by atoms with Crippen LogP contribution in [0.3, 0.4) is 0 Å². The van der Waals surface area contributed by atoms with E-state index in [1.807, 2.05) is 32.6 Å². The Hall–Kier alpha value is -6.05. The maximum absolute atomic E-state index is 13.7. The Labute approximate surface area is 377 Å². The van der Waals surface area contributed by atoms with Crippen molar-refractivity contribution in [2.45, 2.75) is 123 Å². The van der Waals surface area contributed by atoms with Gasteiger partial charge in [-0.15, -0.1) is 20.4 Å². The summed E-state index contributed by atoms with van der Waals surface area (Å²) in [5, 5.41) is 20.8. The average molecular weight is 868 g/mol. The van der Waals surface area contributed by atoms with Gasteiger partial charge in [0.25, 0.3) is 0 Å². The van der Waals surface area contributed by atoms with Crippen molar-refractivity contribution >= 4 is 23.6 Å². The van der Waals surface area contributed by atoms with Gasteiger partial charge in [0.15, 0.2) is 23.3 Å². The summed E-state index contributed by atoms with van der Waals surface area (Å²) >= 11 is 0. The van der Waals surface area contributed by atoms with Crippen molar-refractivity contribution in [3.05, 3.63) is 108 Å². The molecule has 0 spiro atoms. The number of hydrogen-bond donors (Lipinski definition) is 3. The lowest BCUT2D eigenvalue weighted by molar-refractivity contribution is -0.135. The molecule has 3 fully saturated rings. The normalized spacial score (nSPS) is 20.7. The molecule has 0 unspecified atom stereocenters. The molecule has 14 heteroatoms. The van der Waals surface area contributed by atoms with Crippen LogP contribution in [0.4, 0.5) is 10.5 Å². The second-order valence-electron chi connectivity index (χ2n) is 19.3. The molecule has 5 atom stereocenters. The van der Waals surface area contributed by atoms with E-state index in [9.17, 15) is 14.4 Å². The Morgan fingerprint density at radius 3 is 1.66 bits per heavy atom. The smallest absolute Gasteiger partial charge is 0.407 e. The largest absolute Gasteiger partial charge is 0.453 e. The zero-order valence-electron chi connectivity index (χ0n) is 38.5. The van der Waals surface area contributed by atoms with Gasteiger partial charge in [0, 0.05) is 29.9 Å². The van der Waals surface area contributed by atoms with E-state index in [4.69, 9.17) is 4.74 Å². The van der Waals surface area contributed by atoms with Gasteiger partial charge in [0.05, 0.1) is 37.7 Å². The number of anilines is 1. The first-order chi connectivity index (χ1) is 30.7. The zero-order chi connectivity index (χ0) is 45.3. The van der Waals surface area contributed by atoms with Crippen molar-refractivity contribution in [3.63, 3.8) is 0 Å². The van der Waals surface area contributed by atoms with Gasteiger partial charge in [-0.25, -0.2) is 4.79 Å². The van der Waals surface area contributed by atoms with E-state index in [1.54, 1.807) is 11.3 Å². The van der Waals surface area contributed by atoms with E-state index < -0.39 is 12.1 Å². The van der Waals surface area contributed by atoms with Gasteiger partial charge in [0.2, 0.25) is 11.8 Å². The minimum absolute atomic E-state index is 0.0387. The lowest BCUT2D eigenvalue weighted by Gasteiger charge is -2.34. The first-order valence-corrected chi connectivity index (χ1v) is 22.9. The summed E-state index contributed by atoms with van der Waals surface area (Å²) in [5.74, 6) is 2.69. The molecule has 3 aliphatic rings. The molecule has 64 heavy (non-hydrogen) atoms. The number of nitrogens with one attached hydrogen (secondary N) is 3. The van der Waals surface area contributed by atoms with Crippen LogP contribution in [0.15, 0.2) is 72.8 Å². The minimum atomic E-state index is -0.706. The second-order valence-corrected chi connectivity index (χ2v) is 19.3. The number of alkyl carbamates (subject to hydrolysis) is 1. The number of H-pyrrole nitrogens is 2. The van der Waals surface area contributed by atoms with Crippen molar-refractivity contribution in [1.82, 2.24) is 45.5 Å². The number of methoxy groups -OCH3 is 1. The molecule has 3 saturated heterocycles. The van der Waals surface area contributed by atoms with Crippen LogP contribution in [-0.2, 0) is 19.7 Å². The van der Waals surface area contributed by atoms with Crippen molar-refractivity contribution < 1.29 is 19.1 Å². The summed E-state index contributed by atoms with van der Waals surface area (Å²) in [6.07, 6.45) is 6.50. The number of aromatic nitrogens is 6. The molecule has 3 amide bonds. The number of aromatic amines is 2. The van der Waals surface area contributed by atoms with Crippen LogP contribution < -0.4 is 10.2 Å². The number of carbonyl (C=O) groups excluding carboxylic acids is 3. The molecule has 3 N–H and O–H groups in total. The summed E-state index contributed by atoms with van der Waals surface area (Å²) in [7, 11) is 1.30. The summed E-state index contributed by atoms with van der Waals surface area (Å²) in [4.78, 5) is 51.9. The van der Waals surface area contributed by atoms with Gasteiger partial charge in [-0.2, -0.15) is 0 Å². The molecule has 337 valence electrons. The van der Waals surface area contributed by atoms with E-state index in [0.717, 1.165) is 62.0 Å². The van der Waals surface area contributed by atoms with Crippen LogP contribution in [0.1, 0.15) is 139 Å². The number of ether oxygens (including phenoxy) is 1. The number of benzene rings is 3. The first-order valence-electron chi connectivity index (χ1n) is 22.9. The molecule has 5 aromatic rings. The quantitative estimate of drug-likeness (QED) is 0.111. The highest BCUT2D eigenvalue weighted by molar-refractivity contribution is 5.86. The van der Waals surface area contributed by atoms with Crippen molar-refractivity contribution in [2.24, 2.45) is 11.8 Å². The van der Waals surface area contributed by atoms with Crippen molar-refractivity contribution in [2.75, 3.05) is 25.1 Å². The number of nitrogens with zero attached hydrogens (tertiary/aromatic N) is 7. The SMILES string of the molecule is COC(=O)N[C@H](C(=O)N1CCC[C@H]1c1nnc(-c2ccc([C@@H]3CC[C@@H](c4ccc(-c5nnc([C@@H]6CCCN6C(=O)[CH]C(C)C)[nH]5)cc4)N3c3ccc(C(C)(C)C)cc3)cc2)[nH]1)C(C)C. The van der Waals surface area contributed by atoms with Crippen molar-refractivity contribution in [3.8, 4) is 22.8 Å². The molecule has 0 aliphatic carbocycles. The molecule has 2 aromatic heterocycles. The fourth-order valence-electron chi connectivity index (χ4n) is 9.68. The minimum Gasteiger partial charge on any atom is -0.453 e. The van der Waals surface area contributed by atoms with Gasteiger partial charge >= 0.3 is 6.09 Å². The molecule has 0 saturated carbocycles. The monoisotopic (exact) mass is 868 g/mol. The summed E-state index contributed by atoms with van der Waals surface area (Å²) in [6, 6.07) is 25.5. The highest BCUT2D eigenvalue weighted by Crippen LogP contribution is 2.48. The molecule has 3 aromatic carbocycles. The summed E-state index contributed by atoms with van der Waals surface area (Å²) < 4.78 is 4.80. The molecule has 0 bridgehead atoms. The van der Waals surface area contributed by atoms with E-state index in [-0.39, 0.29) is 53.2 Å². The molecule has 1 radical (unpaired) electrons. The lowest BCUT2D eigenvalue weighted by atomic mass is 9.87. The van der Waals surface area contributed by atoms with Crippen LogP contribution in [0.25, 0.3) is 22.8 Å². The van der Waals surface area contributed by atoms with Crippen LogP contribution in [0.5, 0.6) is 0 Å². The summed E-state index contributed by atoms with van der Waals surface area (Å²) in [6.45, 7) is 15.9. The lowest BCUT2D eigenvalue weighted by Crippen LogP contribution is -2.51. The number of likely N-dealkylation sites (tertiary alicyclic amines) is 2. The maximum atomic E-state index is 13.7. The Morgan fingerprint density at radius 1 is 0.688 bits per heavy atom. The predicted octanol–water partition coefficient (Wildman–Crippen LogP) is 9.20. The predicted molar refractivity (Wildman–Crippen MR) is 247 cm³/mol. The highest BCUT2D eigenvalue weighted by Gasteiger charge is 2.39. The van der Waals surface area contributed by atoms with Gasteiger partial charge in [-0.1, -0.05) is 109 Å². The number of rotatable bonds is 12. The Bertz CT molecular complexity index is 2400. The van der Waals surface area contributed by atoms with E-state index >= 15 is 0 Å². The molecule has 14 nitrogen and oxygen atoms in total. The standard InChI is InChI=1S/C50H63N10O4/c1-30(2)29-42(61)58-27-9-11-40(58)46-52-44(54-56-46)34-17-13-32(14-18-34)38-25-26-39(60(38)37-23-21-36(22-24-37)50(5,6)7)33-15-19-35(20-16-33)45-53-47(57-55-45)41-12-10-28-59(41)48(62)43(31(3)4)51-49(63)64-8/h13-24,29-31,38-41,43H,9-12,25-28H2,1-8H3,(H,51,63)(H,52,54,56)(H,53,55,57)/t38-,39-,40-,41-,43-/m0/s1. The number of amides is 3. The van der Waals surface area contributed by atoms with Gasteiger partial charge in [-0.05, 0) is 84.6 Å². The maximum Gasteiger partial charge on any atom is 0.407 e. The molecule has 5 heterocycles.